The molecule has 0 saturated heterocycles. The van der Waals surface area contributed by atoms with E-state index >= 15 is 0 Å². The molecule has 1 aromatic heterocycles. The fourth-order valence-corrected chi connectivity index (χ4v) is 4.74. The third-order valence-corrected chi connectivity index (χ3v) is 6.37. The van der Waals surface area contributed by atoms with E-state index in [4.69, 9.17) is 13.8 Å². The Bertz CT molecular complexity index is 750. The number of halogens is 1. The van der Waals surface area contributed by atoms with Crippen molar-refractivity contribution in [2.24, 2.45) is 0 Å². The summed E-state index contributed by atoms with van der Waals surface area (Å²) in [6, 6.07) is 6.42. The minimum Gasteiger partial charge on any atom is -0.462 e. The largest absolute Gasteiger partial charge is 0.462 e. The number of carbonyl (C=O) groups is 1. The fraction of sp³-hybridized carbons (Fsp3) is 0.438. The maximum Gasteiger partial charge on any atom is 0.369 e. The Kier molecular flexibility index (Phi) is 6.52. The van der Waals surface area contributed by atoms with Crippen LogP contribution in [0.1, 0.15) is 41.9 Å². The van der Waals surface area contributed by atoms with E-state index in [1.54, 1.807) is 39.0 Å². The summed E-state index contributed by atoms with van der Waals surface area (Å²) in [6.07, 6.45) is 0. The Labute approximate surface area is 144 Å². The van der Waals surface area contributed by atoms with Crippen LogP contribution in [0.4, 0.5) is 4.39 Å². The average molecular weight is 374 g/mol. The summed E-state index contributed by atoms with van der Waals surface area (Å²) in [5.74, 6) is -2.29. The van der Waals surface area contributed by atoms with Crippen LogP contribution < -0.4 is 0 Å². The molecule has 0 radical (unpaired) electrons. The Hall–Kier alpha value is -1.27. The molecule has 1 heterocycles. The van der Waals surface area contributed by atoms with Crippen molar-refractivity contribution in [3.05, 3.63) is 34.7 Å². The fourth-order valence-electron chi connectivity index (χ4n) is 2.22. The standard InChI is InChI=1S/C16H20FO5PS/c1-4-20-16(18)14-10-12-9-11(7-8-13(12)24-14)15(17)23(19,21-5-2)22-6-3/h7-10,15H,4-6H2,1-3H3. The monoisotopic (exact) mass is 374 g/mol. The molecular weight excluding hydrogens is 354 g/mol. The zero-order chi connectivity index (χ0) is 17.7. The summed E-state index contributed by atoms with van der Waals surface area (Å²) in [4.78, 5) is 12.2. The van der Waals surface area contributed by atoms with Crippen LogP contribution in [-0.2, 0) is 18.3 Å². The topological polar surface area (TPSA) is 61.8 Å². The lowest BCUT2D eigenvalue weighted by Crippen LogP contribution is -2.02. The van der Waals surface area contributed by atoms with Gasteiger partial charge < -0.3 is 13.8 Å². The first kappa shape index (κ1) is 19.1. The molecule has 8 heteroatoms. The smallest absolute Gasteiger partial charge is 0.369 e. The first-order valence-corrected chi connectivity index (χ1v) is 10.1. The quantitative estimate of drug-likeness (QED) is 0.463. The van der Waals surface area contributed by atoms with E-state index in [1.807, 2.05) is 0 Å². The van der Waals surface area contributed by atoms with E-state index in [9.17, 15) is 13.8 Å². The van der Waals surface area contributed by atoms with Crippen LogP contribution in [-0.4, -0.2) is 25.8 Å². The predicted molar refractivity (Wildman–Crippen MR) is 92.5 cm³/mol. The minimum atomic E-state index is -3.89. The molecule has 2 aromatic rings. The second kappa shape index (κ2) is 8.21. The molecule has 0 saturated carbocycles. The zero-order valence-electron chi connectivity index (χ0n) is 13.8. The summed E-state index contributed by atoms with van der Waals surface area (Å²) in [7, 11) is -3.89. The normalized spacial score (nSPS) is 13.2. The van der Waals surface area contributed by atoms with Gasteiger partial charge in [0.05, 0.1) is 19.8 Å². The maximum atomic E-state index is 14.8. The van der Waals surface area contributed by atoms with Gasteiger partial charge in [0, 0.05) is 4.70 Å². The first-order valence-electron chi connectivity index (χ1n) is 7.68. The van der Waals surface area contributed by atoms with Gasteiger partial charge in [-0.15, -0.1) is 11.3 Å². The molecule has 0 amide bonds. The summed E-state index contributed by atoms with van der Waals surface area (Å²) >= 11 is 1.27. The van der Waals surface area contributed by atoms with Crippen LogP contribution in [0.15, 0.2) is 24.3 Å². The SMILES string of the molecule is CCOC(=O)c1cc2cc(C(F)P(=O)(OCC)OCC)ccc2s1. The molecule has 0 aliphatic heterocycles. The summed E-state index contributed by atoms with van der Waals surface area (Å²) in [5, 5.41) is 0.683. The van der Waals surface area contributed by atoms with Crippen molar-refractivity contribution in [2.75, 3.05) is 19.8 Å². The zero-order valence-corrected chi connectivity index (χ0v) is 15.5. The second-order valence-corrected chi connectivity index (χ2v) is 7.97. The molecule has 0 spiro atoms. The Morgan fingerprint density at radius 1 is 1.17 bits per heavy atom. The Morgan fingerprint density at radius 2 is 1.83 bits per heavy atom. The third-order valence-electron chi connectivity index (χ3n) is 3.19. The molecule has 2 rings (SSSR count). The van der Waals surface area contributed by atoms with Crippen molar-refractivity contribution in [3.63, 3.8) is 0 Å². The van der Waals surface area contributed by atoms with Gasteiger partial charge in [-0.25, -0.2) is 9.18 Å². The molecule has 0 fully saturated rings. The third kappa shape index (κ3) is 4.03. The lowest BCUT2D eigenvalue weighted by molar-refractivity contribution is 0.0532. The highest BCUT2D eigenvalue weighted by Gasteiger charge is 2.37. The van der Waals surface area contributed by atoms with Crippen molar-refractivity contribution in [2.45, 2.75) is 26.7 Å². The number of benzene rings is 1. The highest BCUT2D eigenvalue weighted by atomic mass is 32.1. The molecular formula is C16H20FO5PS. The van der Waals surface area contributed by atoms with Crippen LogP contribution in [0, 0.1) is 0 Å². The van der Waals surface area contributed by atoms with Crippen molar-refractivity contribution in [1.29, 1.82) is 0 Å². The van der Waals surface area contributed by atoms with Gasteiger partial charge in [-0.1, -0.05) is 6.07 Å². The number of thiophene rings is 1. The number of fused-ring (bicyclic) bond motifs is 1. The van der Waals surface area contributed by atoms with E-state index in [-0.39, 0.29) is 25.4 Å². The van der Waals surface area contributed by atoms with Crippen LogP contribution in [0.5, 0.6) is 0 Å². The molecule has 1 atom stereocenters. The Morgan fingerprint density at radius 3 is 2.42 bits per heavy atom. The number of ether oxygens (including phenoxy) is 1. The van der Waals surface area contributed by atoms with Crippen molar-refractivity contribution < 1.29 is 27.5 Å². The van der Waals surface area contributed by atoms with Gasteiger partial charge in [-0.2, -0.15) is 0 Å². The lowest BCUT2D eigenvalue weighted by atomic mass is 10.2. The molecule has 1 aromatic carbocycles. The van der Waals surface area contributed by atoms with E-state index in [2.05, 4.69) is 0 Å². The molecule has 0 bridgehead atoms. The second-order valence-electron chi connectivity index (χ2n) is 4.84. The van der Waals surface area contributed by atoms with Crippen LogP contribution in [0.3, 0.4) is 0 Å². The van der Waals surface area contributed by atoms with Crippen LogP contribution >= 0.6 is 18.9 Å². The number of alkyl halides is 1. The van der Waals surface area contributed by atoms with Gasteiger partial charge in [-0.05, 0) is 49.9 Å². The van der Waals surface area contributed by atoms with Crippen LogP contribution in [0.25, 0.3) is 10.1 Å². The predicted octanol–water partition coefficient (Wildman–Crippen LogP) is 5.31. The minimum absolute atomic E-state index is 0.0887. The molecule has 0 N–H and O–H groups in total. The summed E-state index contributed by atoms with van der Waals surface area (Å²) < 4.78 is 43.2. The van der Waals surface area contributed by atoms with Gasteiger partial charge in [-0.3, -0.25) is 4.57 Å². The van der Waals surface area contributed by atoms with Crippen molar-refractivity contribution >= 4 is 35.0 Å². The molecule has 0 aliphatic carbocycles. The molecule has 0 aliphatic rings. The number of rotatable bonds is 8. The first-order chi connectivity index (χ1) is 11.4. The number of hydrogen-bond donors (Lipinski definition) is 0. The van der Waals surface area contributed by atoms with E-state index in [1.165, 1.54) is 17.4 Å². The lowest BCUT2D eigenvalue weighted by Gasteiger charge is -2.20. The van der Waals surface area contributed by atoms with Gasteiger partial charge in [0.1, 0.15) is 4.88 Å². The number of esters is 1. The molecule has 132 valence electrons. The maximum absolute atomic E-state index is 14.8. The van der Waals surface area contributed by atoms with Gasteiger partial charge in [0.15, 0.2) is 0 Å². The molecule has 1 unspecified atom stereocenters. The van der Waals surface area contributed by atoms with Crippen LogP contribution in [0.2, 0.25) is 0 Å². The highest BCUT2D eigenvalue weighted by molar-refractivity contribution is 7.54. The van der Waals surface area contributed by atoms with Crippen molar-refractivity contribution in [3.8, 4) is 0 Å². The number of hydrogen-bond acceptors (Lipinski definition) is 6. The summed E-state index contributed by atoms with van der Waals surface area (Å²) in [5.41, 5.74) is 0.195. The van der Waals surface area contributed by atoms with Gasteiger partial charge in [0.25, 0.3) is 0 Å². The van der Waals surface area contributed by atoms with E-state index < -0.39 is 19.5 Å². The van der Waals surface area contributed by atoms with Crippen molar-refractivity contribution in [1.82, 2.24) is 0 Å². The van der Waals surface area contributed by atoms with E-state index in [0.29, 0.717) is 10.3 Å². The molecule has 24 heavy (non-hydrogen) atoms. The highest BCUT2D eigenvalue weighted by Crippen LogP contribution is 2.61. The van der Waals surface area contributed by atoms with Gasteiger partial charge >= 0.3 is 13.6 Å². The van der Waals surface area contributed by atoms with Gasteiger partial charge in [0.2, 0.25) is 5.91 Å². The summed E-state index contributed by atoms with van der Waals surface area (Å²) in [6.45, 7) is 5.46. The molecule has 5 nitrogen and oxygen atoms in total. The van der Waals surface area contributed by atoms with E-state index in [0.717, 1.165) is 4.70 Å². The number of carbonyl (C=O) groups excluding carboxylic acids is 1. The average Bonchev–Trinajstić information content (AvgIpc) is 2.98. The Balaban J connectivity index is 2.35.